The average molecular weight is 347 g/mol. The molecule has 0 aliphatic carbocycles. The van der Waals surface area contributed by atoms with E-state index in [1.165, 1.54) is 19.3 Å². The molecule has 0 aromatic heterocycles. The van der Waals surface area contributed by atoms with Crippen LogP contribution in [-0.2, 0) is 0 Å². The van der Waals surface area contributed by atoms with E-state index in [4.69, 9.17) is 11.6 Å². The molecule has 0 fully saturated rings. The molecule has 4 heteroatoms. The van der Waals surface area contributed by atoms with Crippen LogP contribution in [0.3, 0.4) is 0 Å². The number of unbranched alkanes of at least 4 members (excludes halogenated alkanes) is 3. The van der Waals surface area contributed by atoms with Crippen LogP contribution < -0.4 is 5.32 Å². The summed E-state index contributed by atoms with van der Waals surface area (Å²) in [5.41, 5.74) is 0.629. The Hall–Kier alpha value is -0.540. The molecule has 1 aromatic carbocycles. The average Bonchev–Trinajstić information content (AvgIpc) is 2.34. The highest BCUT2D eigenvalue weighted by atomic mass is 79.9. The molecule has 0 aliphatic rings. The molecule has 0 spiro atoms. The van der Waals surface area contributed by atoms with Crippen molar-refractivity contribution in [1.29, 1.82) is 0 Å². The van der Waals surface area contributed by atoms with Crippen LogP contribution >= 0.6 is 27.5 Å². The van der Waals surface area contributed by atoms with Gasteiger partial charge in [-0.15, -0.1) is 0 Å². The number of hydrogen-bond donors (Lipinski definition) is 1. The summed E-state index contributed by atoms with van der Waals surface area (Å²) in [7, 11) is 0. The normalized spacial score (nSPS) is 12.2. The van der Waals surface area contributed by atoms with E-state index in [1.54, 1.807) is 18.2 Å². The Balaban J connectivity index is 2.45. The third-order valence-corrected chi connectivity index (χ3v) is 3.94. The van der Waals surface area contributed by atoms with Gasteiger partial charge in [-0.2, -0.15) is 0 Å². The highest BCUT2D eigenvalue weighted by molar-refractivity contribution is 9.10. The first-order valence-electron chi connectivity index (χ1n) is 6.80. The Labute approximate surface area is 129 Å². The van der Waals surface area contributed by atoms with Gasteiger partial charge in [-0.05, 0) is 47.5 Å². The smallest absolute Gasteiger partial charge is 0.252 e. The summed E-state index contributed by atoms with van der Waals surface area (Å²) >= 11 is 9.23. The van der Waals surface area contributed by atoms with E-state index in [0.717, 1.165) is 17.3 Å². The lowest BCUT2D eigenvalue weighted by atomic mass is 10.1. The third-order valence-electron chi connectivity index (χ3n) is 3.04. The maximum absolute atomic E-state index is 12.1. The molecule has 0 radical (unpaired) electrons. The van der Waals surface area contributed by atoms with Crippen LogP contribution in [0.15, 0.2) is 22.7 Å². The second kappa shape index (κ2) is 8.60. The molecular formula is C15H21BrClNO. The molecule has 1 N–H and O–H groups in total. The highest BCUT2D eigenvalue weighted by Crippen LogP contribution is 2.21. The van der Waals surface area contributed by atoms with Gasteiger partial charge in [0, 0.05) is 15.5 Å². The molecule has 1 amide bonds. The van der Waals surface area contributed by atoms with Gasteiger partial charge in [0.05, 0.1) is 5.56 Å². The molecule has 2 nitrogen and oxygen atoms in total. The van der Waals surface area contributed by atoms with Gasteiger partial charge in [0.1, 0.15) is 0 Å². The maximum Gasteiger partial charge on any atom is 0.252 e. The molecule has 106 valence electrons. The second-order valence-electron chi connectivity index (χ2n) is 4.85. The number of nitrogens with one attached hydrogen (secondary N) is 1. The maximum atomic E-state index is 12.1. The van der Waals surface area contributed by atoms with Crippen LogP contribution in [0.2, 0.25) is 5.02 Å². The predicted molar refractivity (Wildman–Crippen MR) is 84.8 cm³/mol. The summed E-state index contributed by atoms with van der Waals surface area (Å²) < 4.78 is 0.732. The van der Waals surface area contributed by atoms with Crippen molar-refractivity contribution in [3.05, 3.63) is 33.3 Å². The zero-order valence-electron chi connectivity index (χ0n) is 11.5. The van der Waals surface area contributed by atoms with Crippen molar-refractivity contribution in [2.24, 2.45) is 0 Å². The predicted octanol–water partition coefficient (Wildman–Crippen LogP) is 5.19. The Morgan fingerprint density at radius 2 is 2.11 bits per heavy atom. The van der Waals surface area contributed by atoms with Crippen LogP contribution in [0.25, 0.3) is 0 Å². The summed E-state index contributed by atoms with van der Waals surface area (Å²) in [6.07, 6.45) is 5.93. The standard InChI is InChI=1S/C15H21BrClNO/c1-3-4-5-6-7-11(2)18-15(19)13-9-8-12(17)10-14(13)16/h8-11H,3-7H2,1-2H3,(H,18,19). The molecule has 1 rings (SSSR count). The van der Waals surface area contributed by atoms with Gasteiger partial charge in [-0.1, -0.05) is 44.2 Å². The summed E-state index contributed by atoms with van der Waals surface area (Å²) in [6.45, 7) is 4.25. The van der Waals surface area contributed by atoms with E-state index in [-0.39, 0.29) is 11.9 Å². The first-order valence-corrected chi connectivity index (χ1v) is 7.97. The third kappa shape index (κ3) is 5.96. The first-order chi connectivity index (χ1) is 9.04. The molecule has 0 saturated heterocycles. The monoisotopic (exact) mass is 345 g/mol. The molecule has 1 aromatic rings. The Morgan fingerprint density at radius 3 is 2.74 bits per heavy atom. The Bertz CT molecular complexity index is 423. The molecular weight excluding hydrogens is 326 g/mol. The van der Waals surface area contributed by atoms with Crippen LogP contribution in [0.5, 0.6) is 0 Å². The number of hydrogen-bond acceptors (Lipinski definition) is 1. The van der Waals surface area contributed by atoms with Crippen molar-refractivity contribution in [1.82, 2.24) is 5.32 Å². The molecule has 0 bridgehead atoms. The summed E-state index contributed by atoms with van der Waals surface area (Å²) in [5.74, 6) is -0.0495. The molecule has 1 unspecified atom stereocenters. The Morgan fingerprint density at radius 1 is 1.37 bits per heavy atom. The highest BCUT2D eigenvalue weighted by Gasteiger charge is 2.12. The fourth-order valence-corrected chi connectivity index (χ4v) is 2.79. The van der Waals surface area contributed by atoms with E-state index < -0.39 is 0 Å². The Kier molecular flexibility index (Phi) is 7.47. The van der Waals surface area contributed by atoms with Gasteiger partial charge in [0.15, 0.2) is 0 Å². The largest absolute Gasteiger partial charge is 0.350 e. The summed E-state index contributed by atoms with van der Waals surface area (Å²) in [6, 6.07) is 5.41. The lowest BCUT2D eigenvalue weighted by molar-refractivity contribution is 0.0937. The lowest BCUT2D eigenvalue weighted by Crippen LogP contribution is -2.32. The van der Waals surface area contributed by atoms with Crippen molar-refractivity contribution in [3.8, 4) is 0 Å². The second-order valence-corrected chi connectivity index (χ2v) is 6.14. The number of benzene rings is 1. The van der Waals surface area contributed by atoms with Gasteiger partial charge in [-0.25, -0.2) is 0 Å². The fraction of sp³-hybridized carbons (Fsp3) is 0.533. The van der Waals surface area contributed by atoms with Crippen molar-refractivity contribution in [2.75, 3.05) is 0 Å². The van der Waals surface area contributed by atoms with Crippen molar-refractivity contribution in [3.63, 3.8) is 0 Å². The van der Waals surface area contributed by atoms with Gasteiger partial charge in [0.2, 0.25) is 0 Å². The van der Waals surface area contributed by atoms with Gasteiger partial charge in [0.25, 0.3) is 5.91 Å². The number of carbonyl (C=O) groups is 1. The first kappa shape index (κ1) is 16.5. The SMILES string of the molecule is CCCCCCC(C)NC(=O)c1ccc(Cl)cc1Br. The zero-order chi connectivity index (χ0) is 14.3. The quantitative estimate of drug-likeness (QED) is 0.676. The number of amides is 1. The fourth-order valence-electron chi connectivity index (χ4n) is 1.92. The van der Waals surface area contributed by atoms with Gasteiger partial charge in [-0.3, -0.25) is 4.79 Å². The van der Waals surface area contributed by atoms with Gasteiger partial charge >= 0.3 is 0 Å². The molecule has 0 heterocycles. The summed E-state index contributed by atoms with van der Waals surface area (Å²) in [5, 5.41) is 3.64. The van der Waals surface area contributed by atoms with Crippen molar-refractivity contribution < 1.29 is 4.79 Å². The minimum atomic E-state index is -0.0495. The van der Waals surface area contributed by atoms with Gasteiger partial charge < -0.3 is 5.32 Å². The number of halogens is 2. The van der Waals surface area contributed by atoms with E-state index >= 15 is 0 Å². The zero-order valence-corrected chi connectivity index (χ0v) is 13.9. The van der Waals surface area contributed by atoms with Crippen LogP contribution in [0.1, 0.15) is 56.3 Å². The number of rotatable bonds is 7. The number of carbonyl (C=O) groups excluding carboxylic acids is 1. The molecule has 19 heavy (non-hydrogen) atoms. The van der Waals surface area contributed by atoms with E-state index in [2.05, 4.69) is 28.2 Å². The van der Waals surface area contributed by atoms with Crippen LogP contribution in [0, 0.1) is 0 Å². The summed E-state index contributed by atoms with van der Waals surface area (Å²) in [4.78, 5) is 12.1. The minimum absolute atomic E-state index is 0.0495. The molecule has 0 saturated carbocycles. The van der Waals surface area contributed by atoms with Crippen molar-refractivity contribution in [2.45, 2.75) is 52.0 Å². The molecule has 1 atom stereocenters. The van der Waals surface area contributed by atoms with Crippen LogP contribution in [0.4, 0.5) is 0 Å². The van der Waals surface area contributed by atoms with E-state index in [1.807, 2.05) is 6.92 Å². The van der Waals surface area contributed by atoms with Crippen molar-refractivity contribution >= 4 is 33.4 Å². The topological polar surface area (TPSA) is 29.1 Å². The molecule has 0 aliphatic heterocycles. The minimum Gasteiger partial charge on any atom is -0.350 e. The van der Waals surface area contributed by atoms with E-state index in [0.29, 0.717) is 10.6 Å². The van der Waals surface area contributed by atoms with E-state index in [9.17, 15) is 4.79 Å². The van der Waals surface area contributed by atoms with Crippen LogP contribution in [-0.4, -0.2) is 11.9 Å². The lowest BCUT2D eigenvalue weighted by Gasteiger charge is -2.14.